The lowest BCUT2D eigenvalue weighted by Crippen LogP contribution is -2.39. The molecular formula is C17H15BrFN5O2S. The Morgan fingerprint density at radius 3 is 2.81 bits per heavy atom. The summed E-state index contributed by atoms with van der Waals surface area (Å²) in [5, 5.41) is 24.7. The number of ketones is 1. The van der Waals surface area contributed by atoms with Crippen molar-refractivity contribution in [3.05, 3.63) is 39.6 Å². The van der Waals surface area contributed by atoms with Gasteiger partial charge < -0.3 is 15.4 Å². The SMILES string of the molecule is N#Cc1cnc(N2CCC(C(=O)/C(=N/O)Nc3ccc(F)c(Br)c3)CC2)s1. The van der Waals surface area contributed by atoms with Crippen molar-refractivity contribution >= 4 is 49.7 Å². The van der Waals surface area contributed by atoms with E-state index in [1.54, 1.807) is 6.20 Å². The Morgan fingerprint density at radius 1 is 1.48 bits per heavy atom. The van der Waals surface area contributed by atoms with Gasteiger partial charge in [0.2, 0.25) is 11.6 Å². The summed E-state index contributed by atoms with van der Waals surface area (Å²) in [5.74, 6) is -1.19. The topological polar surface area (TPSA) is 102 Å². The normalized spacial score (nSPS) is 15.4. The van der Waals surface area contributed by atoms with Crippen LogP contribution in [0.3, 0.4) is 0 Å². The lowest BCUT2D eigenvalue weighted by Gasteiger charge is -2.31. The summed E-state index contributed by atoms with van der Waals surface area (Å²) in [7, 11) is 0. The fourth-order valence-electron chi connectivity index (χ4n) is 2.84. The van der Waals surface area contributed by atoms with Gasteiger partial charge in [-0.3, -0.25) is 4.79 Å². The van der Waals surface area contributed by atoms with Crippen molar-refractivity contribution in [3.63, 3.8) is 0 Å². The van der Waals surface area contributed by atoms with E-state index >= 15 is 0 Å². The Morgan fingerprint density at radius 2 is 2.22 bits per heavy atom. The molecule has 27 heavy (non-hydrogen) atoms. The van der Waals surface area contributed by atoms with Crippen LogP contribution in [0.2, 0.25) is 0 Å². The van der Waals surface area contributed by atoms with Crippen molar-refractivity contribution in [1.82, 2.24) is 4.98 Å². The highest BCUT2D eigenvalue weighted by Crippen LogP contribution is 2.28. The monoisotopic (exact) mass is 451 g/mol. The number of Topliss-reactive ketones (excluding diaryl/α,β-unsaturated/α-hetero) is 1. The van der Waals surface area contributed by atoms with Crippen LogP contribution in [0.5, 0.6) is 0 Å². The van der Waals surface area contributed by atoms with E-state index in [9.17, 15) is 14.4 Å². The number of carbonyl (C=O) groups excluding carboxylic acids is 1. The van der Waals surface area contributed by atoms with E-state index in [1.165, 1.54) is 29.5 Å². The van der Waals surface area contributed by atoms with E-state index in [1.807, 2.05) is 4.90 Å². The number of benzene rings is 1. The molecule has 0 aliphatic carbocycles. The van der Waals surface area contributed by atoms with Gasteiger partial charge in [-0.15, -0.1) is 0 Å². The molecule has 1 fully saturated rings. The second kappa shape index (κ2) is 8.45. The minimum atomic E-state index is -0.427. The molecule has 1 aromatic heterocycles. The summed E-state index contributed by atoms with van der Waals surface area (Å²) in [5.41, 5.74) is 0.439. The maximum absolute atomic E-state index is 13.3. The number of aromatic nitrogens is 1. The number of rotatable bonds is 4. The summed E-state index contributed by atoms with van der Waals surface area (Å²) in [6, 6.07) is 6.23. The predicted octanol–water partition coefficient (Wildman–Crippen LogP) is 3.60. The fraction of sp³-hybridized carbons (Fsp3) is 0.294. The van der Waals surface area contributed by atoms with Crippen molar-refractivity contribution in [2.24, 2.45) is 11.1 Å². The molecule has 1 aromatic carbocycles. The Hall–Kier alpha value is -2.51. The molecule has 2 N–H and O–H groups in total. The van der Waals surface area contributed by atoms with Crippen LogP contribution < -0.4 is 10.2 Å². The van der Waals surface area contributed by atoms with Gasteiger partial charge in [-0.1, -0.05) is 16.5 Å². The zero-order valence-electron chi connectivity index (χ0n) is 14.0. The fourth-order valence-corrected chi connectivity index (χ4v) is 3.98. The number of halogens is 2. The number of nitrogens with one attached hydrogen (secondary N) is 1. The Balaban J connectivity index is 1.61. The number of nitriles is 1. The van der Waals surface area contributed by atoms with Crippen molar-refractivity contribution in [1.29, 1.82) is 5.26 Å². The molecule has 1 saturated heterocycles. The highest BCUT2D eigenvalue weighted by Gasteiger charge is 2.29. The number of oxime groups is 1. The molecule has 0 unspecified atom stereocenters. The zero-order valence-corrected chi connectivity index (χ0v) is 16.4. The zero-order chi connectivity index (χ0) is 19.4. The molecule has 1 aliphatic rings. The minimum Gasteiger partial charge on any atom is -0.409 e. The third kappa shape index (κ3) is 4.43. The van der Waals surface area contributed by atoms with E-state index in [0.29, 0.717) is 36.5 Å². The van der Waals surface area contributed by atoms with Crippen LogP contribution in [-0.2, 0) is 4.79 Å². The molecule has 0 radical (unpaired) electrons. The molecule has 0 amide bonds. The molecule has 140 valence electrons. The van der Waals surface area contributed by atoms with Gasteiger partial charge in [0, 0.05) is 24.7 Å². The molecule has 7 nitrogen and oxygen atoms in total. The molecule has 2 heterocycles. The Kier molecular flexibility index (Phi) is 6.03. The van der Waals surface area contributed by atoms with E-state index in [0.717, 1.165) is 5.13 Å². The standard InChI is InChI=1S/C17H15BrFN5O2S/c18-13-7-11(1-2-14(13)19)22-16(23-26)15(25)10-3-5-24(6-4-10)17-21-9-12(8-20)27-17/h1-2,7,9-10,26H,3-6H2,(H,22,23). The van der Waals surface area contributed by atoms with Crippen LogP contribution in [-0.4, -0.2) is 34.9 Å². The summed E-state index contributed by atoms with van der Waals surface area (Å²) in [4.78, 5) is 19.5. The molecule has 2 aromatic rings. The maximum atomic E-state index is 13.3. The number of amidine groups is 1. The number of anilines is 2. The largest absolute Gasteiger partial charge is 0.409 e. The van der Waals surface area contributed by atoms with E-state index in [2.05, 4.69) is 37.5 Å². The highest BCUT2D eigenvalue weighted by molar-refractivity contribution is 9.10. The lowest BCUT2D eigenvalue weighted by atomic mass is 9.92. The van der Waals surface area contributed by atoms with Crippen molar-refractivity contribution in [2.45, 2.75) is 12.8 Å². The summed E-state index contributed by atoms with van der Waals surface area (Å²) in [6.07, 6.45) is 2.70. The number of hydrogen-bond donors (Lipinski definition) is 2. The molecule has 0 bridgehead atoms. The Labute approximate surface area is 167 Å². The first-order valence-electron chi connectivity index (χ1n) is 8.11. The van der Waals surface area contributed by atoms with Gasteiger partial charge >= 0.3 is 0 Å². The highest BCUT2D eigenvalue weighted by atomic mass is 79.9. The molecule has 1 aliphatic heterocycles. The van der Waals surface area contributed by atoms with Crippen molar-refractivity contribution < 1.29 is 14.4 Å². The predicted molar refractivity (Wildman–Crippen MR) is 104 cm³/mol. The van der Waals surface area contributed by atoms with E-state index in [4.69, 9.17) is 5.26 Å². The van der Waals surface area contributed by atoms with Crippen LogP contribution in [0, 0.1) is 23.1 Å². The summed E-state index contributed by atoms with van der Waals surface area (Å²) < 4.78 is 13.6. The average Bonchev–Trinajstić information content (AvgIpc) is 3.17. The lowest BCUT2D eigenvalue weighted by molar-refractivity contribution is -0.117. The van der Waals surface area contributed by atoms with Crippen LogP contribution in [0.4, 0.5) is 15.2 Å². The molecule has 0 atom stereocenters. The van der Waals surface area contributed by atoms with Gasteiger partial charge in [0.15, 0.2) is 5.13 Å². The Bertz CT molecular complexity index is 918. The molecule has 10 heteroatoms. The second-order valence-corrected chi connectivity index (χ2v) is 7.81. The quantitative estimate of drug-likeness (QED) is 0.318. The average molecular weight is 452 g/mol. The minimum absolute atomic E-state index is 0.173. The first-order chi connectivity index (χ1) is 13.0. The summed E-state index contributed by atoms with van der Waals surface area (Å²) in [6.45, 7) is 1.24. The van der Waals surface area contributed by atoms with Crippen LogP contribution in [0.1, 0.15) is 17.7 Å². The number of hydrogen-bond acceptors (Lipinski definition) is 7. The first-order valence-corrected chi connectivity index (χ1v) is 9.72. The van der Waals surface area contributed by atoms with Crippen molar-refractivity contribution in [3.8, 4) is 6.07 Å². The molecular weight excluding hydrogens is 437 g/mol. The van der Waals surface area contributed by atoms with Gasteiger partial charge in [0.1, 0.15) is 16.8 Å². The number of piperidine rings is 1. The smallest absolute Gasteiger partial charge is 0.213 e. The van der Waals surface area contributed by atoms with Gasteiger partial charge in [-0.25, -0.2) is 9.37 Å². The molecule has 0 saturated carbocycles. The van der Waals surface area contributed by atoms with Crippen LogP contribution in [0.15, 0.2) is 34.0 Å². The van der Waals surface area contributed by atoms with Crippen LogP contribution >= 0.6 is 27.3 Å². The van der Waals surface area contributed by atoms with Gasteiger partial charge in [-0.05, 0) is 47.0 Å². The van der Waals surface area contributed by atoms with Gasteiger partial charge in [-0.2, -0.15) is 5.26 Å². The van der Waals surface area contributed by atoms with E-state index in [-0.39, 0.29) is 22.0 Å². The van der Waals surface area contributed by atoms with Gasteiger partial charge in [0.25, 0.3) is 0 Å². The third-order valence-electron chi connectivity index (χ3n) is 4.26. The number of carbonyl (C=O) groups is 1. The molecule has 0 spiro atoms. The third-order valence-corrected chi connectivity index (χ3v) is 5.83. The number of nitrogens with zero attached hydrogens (tertiary/aromatic N) is 4. The van der Waals surface area contributed by atoms with Gasteiger partial charge in [0.05, 0.1) is 10.7 Å². The van der Waals surface area contributed by atoms with Crippen molar-refractivity contribution in [2.75, 3.05) is 23.3 Å². The maximum Gasteiger partial charge on any atom is 0.213 e. The molecule has 3 rings (SSSR count). The second-order valence-electron chi connectivity index (χ2n) is 5.95. The first kappa shape index (κ1) is 19.3. The van der Waals surface area contributed by atoms with E-state index < -0.39 is 5.82 Å². The number of thiazole rings is 1. The summed E-state index contributed by atoms with van der Waals surface area (Å²) >= 11 is 4.40. The van der Waals surface area contributed by atoms with Crippen LogP contribution in [0.25, 0.3) is 0 Å².